The first-order valence-electron chi connectivity index (χ1n) is 6.60. The van der Waals surface area contributed by atoms with Crippen molar-refractivity contribution in [2.75, 3.05) is 25.5 Å². The number of methoxy groups -OCH3 is 1. The van der Waals surface area contributed by atoms with Gasteiger partial charge in [-0.3, -0.25) is 0 Å². The summed E-state index contributed by atoms with van der Waals surface area (Å²) in [7, 11) is 1.68. The van der Waals surface area contributed by atoms with Crippen LogP contribution in [0.1, 0.15) is 13.8 Å². The van der Waals surface area contributed by atoms with Crippen molar-refractivity contribution in [2.24, 2.45) is 0 Å². The number of nitrogens with zero attached hydrogens (tertiary/aromatic N) is 1. The third-order valence-corrected chi connectivity index (χ3v) is 2.94. The fourth-order valence-corrected chi connectivity index (χ4v) is 1.96. The average Bonchev–Trinajstić information content (AvgIpc) is 2.43. The fourth-order valence-electron chi connectivity index (χ4n) is 1.96. The monoisotopic (exact) mass is 259 g/mol. The Labute approximate surface area is 114 Å². The normalized spacial score (nSPS) is 10.9. The van der Waals surface area contributed by atoms with Gasteiger partial charge in [-0.05, 0) is 23.6 Å². The van der Waals surface area contributed by atoms with E-state index in [1.165, 1.54) is 0 Å². The summed E-state index contributed by atoms with van der Waals surface area (Å²) in [6.07, 6.45) is 1.83. The topological polar surface area (TPSA) is 46.2 Å². The van der Waals surface area contributed by atoms with Gasteiger partial charge in [-0.1, -0.05) is 19.9 Å². The van der Waals surface area contributed by atoms with Crippen molar-refractivity contribution < 1.29 is 4.74 Å². The minimum Gasteiger partial charge on any atom is -0.497 e. The van der Waals surface area contributed by atoms with Crippen molar-refractivity contribution in [3.05, 3.63) is 30.5 Å². The first-order valence-corrected chi connectivity index (χ1v) is 6.60. The van der Waals surface area contributed by atoms with Gasteiger partial charge in [-0.2, -0.15) is 0 Å². The molecule has 1 aromatic carbocycles. The number of hydrogen-bond donors (Lipinski definition) is 2. The second kappa shape index (κ2) is 6.38. The van der Waals surface area contributed by atoms with E-state index in [9.17, 15) is 0 Å². The van der Waals surface area contributed by atoms with Gasteiger partial charge in [0, 0.05) is 30.7 Å². The van der Waals surface area contributed by atoms with Gasteiger partial charge in [-0.15, -0.1) is 0 Å². The lowest BCUT2D eigenvalue weighted by Gasteiger charge is -2.11. The summed E-state index contributed by atoms with van der Waals surface area (Å²) < 4.78 is 5.27. The van der Waals surface area contributed by atoms with Gasteiger partial charge in [0.2, 0.25) is 0 Å². The number of fused-ring (bicyclic) bond motifs is 1. The number of pyridine rings is 1. The predicted molar refractivity (Wildman–Crippen MR) is 79.9 cm³/mol. The highest BCUT2D eigenvalue weighted by atomic mass is 16.5. The highest BCUT2D eigenvalue weighted by Crippen LogP contribution is 2.25. The van der Waals surface area contributed by atoms with Crippen molar-refractivity contribution in [1.82, 2.24) is 10.3 Å². The molecule has 0 spiro atoms. The number of anilines is 1. The van der Waals surface area contributed by atoms with Crippen LogP contribution < -0.4 is 15.4 Å². The fraction of sp³-hybridized carbons (Fsp3) is 0.400. The van der Waals surface area contributed by atoms with Crippen LogP contribution in [0.5, 0.6) is 5.75 Å². The SMILES string of the molecule is COc1ccc2ccnc(NCCNC(C)C)c2c1. The largest absolute Gasteiger partial charge is 0.497 e. The van der Waals surface area contributed by atoms with Gasteiger partial charge in [-0.25, -0.2) is 4.98 Å². The molecule has 2 N–H and O–H groups in total. The van der Waals surface area contributed by atoms with Gasteiger partial charge in [0.25, 0.3) is 0 Å². The molecule has 0 atom stereocenters. The standard InChI is InChI=1S/C15H21N3O/c1-11(2)16-8-9-18-15-14-10-13(19-3)5-4-12(14)6-7-17-15/h4-7,10-11,16H,8-9H2,1-3H3,(H,17,18). The Morgan fingerprint density at radius 1 is 1.21 bits per heavy atom. The van der Waals surface area contributed by atoms with Crippen LogP contribution in [-0.4, -0.2) is 31.2 Å². The summed E-state index contributed by atoms with van der Waals surface area (Å²) in [5.74, 6) is 1.76. The maximum atomic E-state index is 5.27. The average molecular weight is 259 g/mol. The molecule has 0 unspecified atom stereocenters. The third-order valence-electron chi connectivity index (χ3n) is 2.94. The Hall–Kier alpha value is -1.81. The zero-order valence-electron chi connectivity index (χ0n) is 11.7. The molecule has 4 heteroatoms. The zero-order chi connectivity index (χ0) is 13.7. The molecule has 0 aliphatic rings. The van der Waals surface area contributed by atoms with Crippen molar-refractivity contribution in [2.45, 2.75) is 19.9 Å². The molecule has 1 aromatic heterocycles. The van der Waals surface area contributed by atoms with Crippen molar-refractivity contribution >= 4 is 16.6 Å². The van der Waals surface area contributed by atoms with Gasteiger partial charge in [0.15, 0.2) is 0 Å². The van der Waals surface area contributed by atoms with E-state index in [0.717, 1.165) is 35.4 Å². The minimum atomic E-state index is 0.502. The summed E-state index contributed by atoms with van der Waals surface area (Å²) in [5.41, 5.74) is 0. The summed E-state index contributed by atoms with van der Waals surface area (Å²) >= 11 is 0. The maximum absolute atomic E-state index is 5.27. The number of rotatable bonds is 6. The third kappa shape index (κ3) is 3.58. The van der Waals surface area contributed by atoms with Crippen LogP contribution in [0, 0.1) is 0 Å². The van der Waals surface area contributed by atoms with Crippen LogP contribution in [0.25, 0.3) is 10.8 Å². The van der Waals surface area contributed by atoms with Crippen molar-refractivity contribution in [3.8, 4) is 5.75 Å². The second-order valence-electron chi connectivity index (χ2n) is 4.78. The Morgan fingerprint density at radius 2 is 2.05 bits per heavy atom. The summed E-state index contributed by atoms with van der Waals surface area (Å²) in [6, 6.07) is 8.54. The molecule has 0 radical (unpaired) electrons. The van der Waals surface area contributed by atoms with E-state index in [1.54, 1.807) is 7.11 Å². The van der Waals surface area contributed by atoms with Gasteiger partial charge >= 0.3 is 0 Å². The maximum Gasteiger partial charge on any atom is 0.133 e. The molecule has 0 aliphatic heterocycles. The van der Waals surface area contributed by atoms with Crippen LogP contribution in [0.4, 0.5) is 5.82 Å². The zero-order valence-corrected chi connectivity index (χ0v) is 11.7. The van der Waals surface area contributed by atoms with Crippen LogP contribution in [0.15, 0.2) is 30.5 Å². The van der Waals surface area contributed by atoms with Gasteiger partial charge < -0.3 is 15.4 Å². The predicted octanol–water partition coefficient (Wildman–Crippen LogP) is 2.65. The smallest absolute Gasteiger partial charge is 0.133 e. The van der Waals surface area contributed by atoms with E-state index in [0.29, 0.717) is 6.04 Å². The minimum absolute atomic E-state index is 0.502. The molecule has 0 saturated heterocycles. The quantitative estimate of drug-likeness (QED) is 0.783. The molecular weight excluding hydrogens is 238 g/mol. The molecule has 4 nitrogen and oxygen atoms in total. The molecule has 19 heavy (non-hydrogen) atoms. The summed E-state index contributed by atoms with van der Waals surface area (Å²) in [5, 5.41) is 8.99. The number of hydrogen-bond acceptors (Lipinski definition) is 4. The van der Waals surface area contributed by atoms with E-state index in [1.807, 2.05) is 30.5 Å². The molecule has 0 amide bonds. The first kappa shape index (κ1) is 13.6. The molecule has 0 bridgehead atoms. The Kier molecular flexibility index (Phi) is 4.58. The Morgan fingerprint density at radius 3 is 2.79 bits per heavy atom. The van der Waals surface area contributed by atoms with E-state index in [4.69, 9.17) is 4.74 Å². The van der Waals surface area contributed by atoms with E-state index < -0.39 is 0 Å². The summed E-state index contributed by atoms with van der Waals surface area (Å²) in [4.78, 5) is 4.40. The lowest BCUT2D eigenvalue weighted by molar-refractivity contribution is 0.415. The second-order valence-corrected chi connectivity index (χ2v) is 4.78. The first-order chi connectivity index (χ1) is 9.20. The van der Waals surface area contributed by atoms with Gasteiger partial charge in [0.05, 0.1) is 7.11 Å². The molecule has 102 valence electrons. The molecule has 2 rings (SSSR count). The lowest BCUT2D eigenvalue weighted by atomic mass is 10.1. The Bertz CT molecular complexity index is 540. The van der Waals surface area contributed by atoms with E-state index in [2.05, 4.69) is 29.5 Å². The number of nitrogens with one attached hydrogen (secondary N) is 2. The lowest BCUT2D eigenvalue weighted by Crippen LogP contribution is -2.28. The Balaban J connectivity index is 2.13. The van der Waals surface area contributed by atoms with Crippen LogP contribution >= 0.6 is 0 Å². The summed E-state index contributed by atoms with van der Waals surface area (Å²) in [6.45, 7) is 6.04. The molecule has 0 fully saturated rings. The number of benzene rings is 1. The van der Waals surface area contributed by atoms with E-state index in [-0.39, 0.29) is 0 Å². The molecule has 1 heterocycles. The molecule has 2 aromatic rings. The van der Waals surface area contributed by atoms with Crippen LogP contribution in [-0.2, 0) is 0 Å². The molecular formula is C15H21N3O. The van der Waals surface area contributed by atoms with Gasteiger partial charge in [0.1, 0.15) is 11.6 Å². The van der Waals surface area contributed by atoms with Crippen molar-refractivity contribution in [3.63, 3.8) is 0 Å². The van der Waals surface area contributed by atoms with Crippen LogP contribution in [0.3, 0.4) is 0 Å². The van der Waals surface area contributed by atoms with E-state index >= 15 is 0 Å². The van der Waals surface area contributed by atoms with Crippen LogP contribution in [0.2, 0.25) is 0 Å². The highest BCUT2D eigenvalue weighted by Gasteiger charge is 2.03. The van der Waals surface area contributed by atoms with Crippen molar-refractivity contribution in [1.29, 1.82) is 0 Å². The molecule has 0 aliphatic carbocycles. The molecule has 0 saturated carbocycles. The highest BCUT2D eigenvalue weighted by molar-refractivity contribution is 5.92. The number of aromatic nitrogens is 1. The number of ether oxygens (including phenoxy) is 1.